The molecule has 1 aliphatic rings. The molecule has 1 aromatic carbocycles. The van der Waals surface area contributed by atoms with Gasteiger partial charge in [0.2, 0.25) is 5.91 Å². The second kappa shape index (κ2) is 8.66. The Hall–Kier alpha value is -2.86. The predicted molar refractivity (Wildman–Crippen MR) is 113 cm³/mol. The van der Waals surface area contributed by atoms with Crippen LogP contribution in [0.1, 0.15) is 45.9 Å². The molecule has 0 spiro atoms. The number of hydrogen-bond acceptors (Lipinski definition) is 4. The van der Waals surface area contributed by atoms with Crippen LogP contribution in [0, 0.1) is 0 Å². The Morgan fingerprint density at radius 2 is 2.00 bits per heavy atom. The van der Waals surface area contributed by atoms with E-state index in [0.29, 0.717) is 13.1 Å². The lowest BCUT2D eigenvalue weighted by Gasteiger charge is -2.37. The quantitative estimate of drug-likeness (QED) is 0.609. The zero-order valence-electron chi connectivity index (χ0n) is 16.4. The summed E-state index contributed by atoms with van der Waals surface area (Å²) in [6.07, 6.45) is 3.10. The van der Waals surface area contributed by atoms with Gasteiger partial charge in [0.15, 0.2) is 5.76 Å². The van der Waals surface area contributed by atoms with Gasteiger partial charge in [-0.05, 0) is 47.5 Å². The van der Waals surface area contributed by atoms with Crippen LogP contribution in [0.4, 0.5) is 0 Å². The van der Waals surface area contributed by atoms with E-state index in [0.717, 1.165) is 18.4 Å². The molecule has 6 heteroatoms. The number of thiophene rings is 1. The van der Waals surface area contributed by atoms with E-state index < -0.39 is 0 Å². The molecule has 0 saturated carbocycles. The smallest absolute Gasteiger partial charge is 0.290 e. The van der Waals surface area contributed by atoms with Crippen molar-refractivity contribution < 1.29 is 14.0 Å². The van der Waals surface area contributed by atoms with Gasteiger partial charge in [-0.15, -0.1) is 11.3 Å². The van der Waals surface area contributed by atoms with E-state index in [2.05, 4.69) is 23.6 Å². The highest BCUT2D eigenvalue weighted by atomic mass is 32.1. The Labute approximate surface area is 174 Å². The molecular formula is C23H24N2O3S. The zero-order chi connectivity index (χ0) is 20.2. The molecule has 3 aromatic rings. The highest BCUT2D eigenvalue weighted by Gasteiger charge is 2.34. The highest BCUT2D eigenvalue weighted by Crippen LogP contribution is 2.37. The van der Waals surface area contributed by atoms with Crippen molar-refractivity contribution >= 4 is 23.2 Å². The second-order valence-corrected chi connectivity index (χ2v) is 8.15. The molecule has 29 heavy (non-hydrogen) atoms. The van der Waals surface area contributed by atoms with Crippen LogP contribution < -0.4 is 0 Å². The molecule has 0 aliphatic carbocycles. The van der Waals surface area contributed by atoms with Gasteiger partial charge in [-0.2, -0.15) is 0 Å². The van der Waals surface area contributed by atoms with Crippen molar-refractivity contribution in [3.8, 4) is 0 Å². The molecule has 1 atom stereocenters. The lowest BCUT2D eigenvalue weighted by atomic mass is 9.93. The Bertz CT molecular complexity index is 965. The number of hydrogen-bond donors (Lipinski definition) is 0. The lowest BCUT2D eigenvalue weighted by molar-refractivity contribution is -0.134. The predicted octanol–water partition coefficient (Wildman–Crippen LogP) is 4.37. The van der Waals surface area contributed by atoms with E-state index in [4.69, 9.17) is 4.42 Å². The minimum Gasteiger partial charge on any atom is -0.459 e. The average Bonchev–Trinajstić information content (AvgIpc) is 3.44. The van der Waals surface area contributed by atoms with E-state index in [1.165, 1.54) is 16.7 Å². The van der Waals surface area contributed by atoms with Gasteiger partial charge in [-0.1, -0.05) is 37.3 Å². The van der Waals surface area contributed by atoms with Crippen molar-refractivity contribution in [2.45, 2.75) is 25.8 Å². The number of carbonyl (C=O) groups is 2. The van der Waals surface area contributed by atoms with Crippen molar-refractivity contribution in [1.29, 1.82) is 0 Å². The summed E-state index contributed by atoms with van der Waals surface area (Å²) in [4.78, 5) is 31.0. The fourth-order valence-electron chi connectivity index (χ4n) is 3.91. The second-order valence-electron chi connectivity index (χ2n) is 7.15. The molecule has 0 radical (unpaired) electrons. The van der Waals surface area contributed by atoms with Crippen LogP contribution in [0.15, 0.2) is 64.6 Å². The molecule has 3 heterocycles. The maximum atomic E-state index is 13.4. The van der Waals surface area contributed by atoms with Gasteiger partial charge in [-0.3, -0.25) is 9.59 Å². The van der Waals surface area contributed by atoms with Gasteiger partial charge in [0.1, 0.15) is 6.54 Å². The number of amides is 2. The van der Waals surface area contributed by atoms with Gasteiger partial charge in [0, 0.05) is 18.0 Å². The van der Waals surface area contributed by atoms with Crippen LogP contribution in [-0.2, 0) is 11.2 Å². The summed E-state index contributed by atoms with van der Waals surface area (Å²) in [6, 6.07) is 15.5. The maximum absolute atomic E-state index is 13.4. The molecule has 1 aliphatic heterocycles. The summed E-state index contributed by atoms with van der Waals surface area (Å²) in [5.41, 5.74) is 2.29. The Morgan fingerprint density at radius 3 is 2.72 bits per heavy atom. The van der Waals surface area contributed by atoms with Crippen molar-refractivity contribution in [3.05, 3.63) is 81.9 Å². The SMILES string of the molecule is CCCN(CC(=O)N1CCc2sccc2[C@@H]1c1ccccc1)C(=O)c1ccco1. The fourth-order valence-corrected chi connectivity index (χ4v) is 4.82. The summed E-state index contributed by atoms with van der Waals surface area (Å²) in [6.45, 7) is 3.22. The lowest BCUT2D eigenvalue weighted by Crippen LogP contribution is -2.47. The van der Waals surface area contributed by atoms with Crippen LogP contribution in [0.25, 0.3) is 0 Å². The van der Waals surface area contributed by atoms with E-state index in [-0.39, 0.29) is 30.2 Å². The molecule has 0 fully saturated rings. The number of rotatable bonds is 6. The van der Waals surface area contributed by atoms with Crippen LogP contribution in [-0.4, -0.2) is 41.2 Å². The van der Waals surface area contributed by atoms with E-state index in [9.17, 15) is 9.59 Å². The molecule has 150 valence electrons. The van der Waals surface area contributed by atoms with E-state index in [1.54, 1.807) is 28.4 Å². The first-order valence-corrected chi connectivity index (χ1v) is 10.8. The van der Waals surface area contributed by atoms with Gasteiger partial charge >= 0.3 is 0 Å². The van der Waals surface area contributed by atoms with Crippen molar-refractivity contribution in [3.63, 3.8) is 0 Å². The number of benzene rings is 1. The average molecular weight is 409 g/mol. The van der Waals surface area contributed by atoms with Crippen LogP contribution in [0.2, 0.25) is 0 Å². The molecule has 0 N–H and O–H groups in total. The first-order valence-electron chi connectivity index (χ1n) is 9.92. The van der Waals surface area contributed by atoms with Crippen LogP contribution in [0.3, 0.4) is 0 Å². The minimum atomic E-state index is -0.241. The molecule has 4 rings (SSSR count). The van der Waals surface area contributed by atoms with E-state index >= 15 is 0 Å². The van der Waals surface area contributed by atoms with Crippen molar-refractivity contribution in [2.75, 3.05) is 19.6 Å². The minimum absolute atomic E-state index is 0.0379. The number of fused-ring (bicyclic) bond motifs is 1. The Morgan fingerprint density at radius 1 is 1.17 bits per heavy atom. The standard InChI is InChI=1S/C23H24N2O3S/c1-2-12-24(23(27)19-9-6-14-28-19)16-21(26)25-13-10-20-18(11-15-29-20)22(25)17-7-4-3-5-8-17/h3-9,11,14-15,22H,2,10,12-13,16H2,1H3/t22-/m0/s1. The zero-order valence-corrected chi connectivity index (χ0v) is 17.2. The van der Waals surface area contributed by atoms with Gasteiger partial charge in [0.05, 0.1) is 12.3 Å². The molecule has 0 saturated heterocycles. The number of nitrogens with zero attached hydrogens (tertiary/aromatic N) is 2. The topological polar surface area (TPSA) is 53.8 Å². The summed E-state index contributed by atoms with van der Waals surface area (Å²) >= 11 is 1.75. The molecule has 0 bridgehead atoms. The third kappa shape index (κ3) is 3.98. The molecule has 5 nitrogen and oxygen atoms in total. The third-order valence-electron chi connectivity index (χ3n) is 5.24. The monoisotopic (exact) mass is 408 g/mol. The molecule has 2 aromatic heterocycles. The molecule has 2 amide bonds. The Balaban J connectivity index is 1.60. The largest absolute Gasteiger partial charge is 0.459 e. The molecular weight excluding hydrogens is 384 g/mol. The number of carbonyl (C=O) groups excluding carboxylic acids is 2. The Kier molecular flexibility index (Phi) is 5.81. The van der Waals surface area contributed by atoms with Crippen LogP contribution in [0.5, 0.6) is 0 Å². The van der Waals surface area contributed by atoms with Gasteiger partial charge in [-0.25, -0.2) is 0 Å². The molecule has 0 unspecified atom stereocenters. The number of furan rings is 1. The maximum Gasteiger partial charge on any atom is 0.290 e. The summed E-state index contributed by atoms with van der Waals surface area (Å²) in [7, 11) is 0. The first-order chi connectivity index (χ1) is 14.2. The van der Waals surface area contributed by atoms with Crippen LogP contribution >= 0.6 is 11.3 Å². The van der Waals surface area contributed by atoms with Crippen molar-refractivity contribution in [1.82, 2.24) is 9.80 Å². The summed E-state index contributed by atoms with van der Waals surface area (Å²) < 4.78 is 5.26. The third-order valence-corrected chi connectivity index (χ3v) is 6.24. The highest BCUT2D eigenvalue weighted by molar-refractivity contribution is 7.10. The normalized spacial score (nSPS) is 15.8. The fraction of sp³-hybridized carbons (Fsp3) is 0.304. The van der Waals surface area contributed by atoms with Crippen molar-refractivity contribution in [2.24, 2.45) is 0 Å². The first kappa shape index (κ1) is 19.5. The van der Waals surface area contributed by atoms with E-state index in [1.807, 2.05) is 30.0 Å². The summed E-state index contributed by atoms with van der Waals surface area (Å²) in [5.74, 6) is -0.0108. The van der Waals surface area contributed by atoms with Gasteiger partial charge < -0.3 is 14.2 Å². The summed E-state index contributed by atoms with van der Waals surface area (Å²) in [5, 5.41) is 2.10. The van der Waals surface area contributed by atoms with Gasteiger partial charge in [0.25, 0.3) is 5.91 Å².